The molecule has 1 heterocycles. The Balaban J connectivity index is 2.17. The molecule has 0 aliphatic carbocycles. The first-order valence-electron chi connectivity index (χ1n) is 6.66. The molecule has 5 nitrogen and oxygen atoms in total. The van der Waals surface area contributed by atoms with E-state index < -0.39 is 0 Å². The van der Waals surface area contributed by atoms with E-state index >= 15 is 0 Å². The highest BCUT2D eigenvalue weighted by molar-refractivity contribution is 6.06. The van der Waals surface area contributed by atoms with Gasteiger partial charge in [0.25, 0.3) is 0 Å². The van der Waals surface area contributed by atoms with E-state index in [0.29, 0.717) is 23.7 Å². The Morgan fingerprint density at radius 1 is 1.38 bits per heavy atom. The number of aromatic nitrogens is 2. The zero-order valence-electron chi connectivity index (χ0n) is 12.4. The highest BCUT2D eigenvalue weighted by Gasteiger charge is 2.06. The molecular weight excluding hydrogens is 268 g/mol. The summed E-state index contributed by atoms with van der Waals surface area (Å²) < 4.78 is 12.3. The second-order valence-electron chi connectivity index (χ2n) is 4.44. The van der Waals surface area contributed by atoms with Gasteiger partial charge in [-0.15, -0.1) is 0 Å². The van der Waals surface area contributed by atoms with E-state index in [1.165, 1.54) is 6.08 Å². The van der Waals surface area contributed by atoms with E-state index in [4.69, 9.17) is 9.47 Å². The molecule has 21 heavy (non-hydrogen) atoms. The van der Waals surface area contributed by atoms with Crippen molar-refractivity contribution in [1.82, 2.24) is 9.78 Å². The smallest absolute Gasteiger partial charge is 0.189 e. The molecule has 0 saturated heterocycles. The van der Waals surface area contributed by atoms with Crippen LogP contribution in [-0.2, 0) is 7.05 Å². The maximum absolute atomic E-state index is 12.0. The lowest BCUT2D eigenvalue weighted by Gasteiger charge is -2.09. The molecule has 1 aromatic heterocycles. The number of rotatable bonds is 6. The number of nitrogens with zero attached hydrogens (tertiary/aromatic N) is 2. The first kappa shape index (κ1) is 14.8. The number of carbonyl (C=O) groups is 1. The summed E-state index contributed by atoms with van der Waals surface area (Å²) >= 11 is 0. The van der Waals surface area contributed by atoms with Crippen LogP contribution in [0, 0.1) is 0 Å². The Labute approximate surface area is 123 Å². The number of hydrogen-bond acceptors (Lipinski definition) is 4. The summed E-state index contributed by atoms with van der Waals surface area (Å²) in [5.41, 5.74) is 1.43. The zero-order chi connectivity index (χ0) is 15.2. The number of carbonyl (C=O) groups excluding carboxylic acids is 1. The lowest BCUT2D eigenvalue weighted by atomic mass is 10.1. The molecule has 110 valence electrons. The second kappa shape index (κ2) is 6.74. The Kier molecular flexibility index (Phi) is 4.77. The summed E-state index contributed by atoms with van der Waals surface area (Å²) in [7, 11) is 3.37. The normalized spacial score (nSPS) is 10.8. The third-order valence-electron chi connectivity index (χ3n) is 2.90. The van der Waals surface area contributed by atoms with Crippen molar-refractivity contribution in [3.8, 4) is 11.5 Å². The fourth-order valence-corrected chi connectivity index (χ4v) is 1.88. The molecule has 2 aromatic rings. The van der Waals surface area contributed by atoms with Gasteiger partial charge >= 0.3 is 0 Å². The molecule has 0 aliphatic rings. The van der Waals surface area contributed by atoms with Crippen LogP contribution in [-0.4, -0.2) is 29.3 Å². The van der Waals surface area contributed by atoms with Crippen LogP contribution in [0.15, 0.2) is 36.7 Å². The third kappa shape index (κ3) is 3.72. The van der Waals surface area contributed by atoms with Gasteiger partial charge < -0.3 is 9.47 Å². The molecule has 0 amide bonds. The van der Waals surface area contributed by atoms with Gasteiger partial charge in [-0.05, 0) is 30.7 Å². The van der Waals surface area contributed by atoms with Crippen molar-refractivity contribution in [2.75, 3.05) is 13.7 Å². The molecular formula is C16H18N2O3. The summed E-state index contributed by atoms with van der Waals surface area (Å²) in [4.78, 5) is 12.0. The van der Waals surface area contributed by atoms with Gasteiger partial charge in [-0.1, -0.05) is 12.1 Å². The highest BCUT2D eigenvalue weighted by Crippen LogP contribution is 2.28. The minimum Gasteiger partial charge on any atom is -0.493 e. The van der Waals surface area contributed by atoms with Crippen LogP contribution in [0.25, 0.3) is 6.08 Å². The number of hydrogen-bond donors (Lipinski definition) is 0. The SMILES string of the molecule is CCOc1cc(C=CC(=O)c2cnn(C)c2)ccc1OC. The van der Waals surface area contributed by atoms with E-state index in [-0.39, 0.29) is 5.78 Å². The molecule has 0 atom stereocenters. The first-order valence-corrected chi connectivity index (χ1v) is 6.66. The van der Waals surface area contributed by atoms with Gasteiger partial charge in [0.1, 0.15) is 0 Å². The van der Waals surface area contributed by atoms with E-state index in [0.717, 1.165) is 5.56 Å². The van der Waals surface area contributed by atoms with Crippen LogP contribution in [0.2, 0.25) is 0 Å². The van der Waals surface area contributed by atoms with E-state index in [9.17, 15) is 4.79 Å². The van der Waals surface area contributed by atoms with Crippen molar-refractivity contribution in [3.63, 3.8) is 0 Å². The lowest BCUT2D eigenvalue weighted by Crippen LogP contribution is -1.96. The average molecular weight is 286 g/mol. The van der Waals surface area contributed by atoms with Gasteiger partial charge in [-0.2, -0.15) is 5.10 Å². The Morgan fingerprint density at radius 3 is 2.81 bits per heavy atom. The van der Waals surface area contributed by atoms with Crippen molar-refractivity contribution in [1.29, 1.82) is 0 Å². The average Bonchev–Trinajstić information content (AvgIpc) is 2.92. The molecule has 1 aromatic carbocycles. The molecule has 0 aliphatic heterocycles. The highest BCUT2D eigenvalue weighted by atomic mass is 16.5. The first-order chi connectivity index (χ1) is 10.1. The Morgan fingerprint density at radius 2 is 2.19 bits per heavy atom. The molecule has 0 radical (unpaired) electrons. The maximum atomic E-state index is 12.0. The maximum Gasteiger partial charge on any atom is 0.189 e. The van der Waals surface area contributed by atoms with Crippen LogP contribution < -0.4 is 9.47 Å². The Bertz CT molecular complexity index is 659. The molecule has 0 fully saturated rings. The van der Waals surface area contributed by atoms with Crippen molar-refractivity contribution in [2.24, 2.45) is 7.05 Å². The molecule has 0 unspecified atom stereocenters. The summed E-state index contributed by atoms with van der Waals surface area (Å²) in [5.74, 6) is 1.25. The number of ketones is 1. The van der Waals surface area contributed by atoms with Crippen molar-refractivity contribution in [2.45, 2.75) is 6.92 Å². The molecule has 0 bridgehead atoms. The predicted molar refractivity (Wildman–Crippen MR) is 80.7 cm³/mol. The van der Waals surface area contributed by atoms with Crippen molar-refractivity contribution < 1.29 is 14.3 Å². The van der Waals surface area contributed by atoms with Crippen molar-refractivity contribution in [3.05, 3.63) is 47.8 Å². The summed E-state index contributed by atoms with van der Waals surface area (Å²) in [5, 5.41) is 3.98. The van der Waals surface area contributed by atoms with E-state index in [2.05, 4.69) is 5.10 Å². The topological polar surface area (TPSA) is 53.3 Å². The quantitative estimate of drug-likeness (QED) is 0.605. The van der Waals surface area contributed by atoms with Gasteiger partial charge in [-0.25, -0.2) is 0 Å². The van der Waals surface area contributed by atoms with Gasteiger partial charge in [0.05, 0.1) is 25.5 Å². The molecule has 0 saturated carbocycles. The fourth-order valence-electron chi connectivity index (χ4n) is 1.88. The molecule has 0 spiro atoms. The second-order valence-corrected chi connectivity index (χ2v) is 4.44. The van der Waals surface area contributed by atoms with Crippen LogP contribution in [0.1, 0.15) is 22.8 Å². The van der Waals surface area contributed by atoms with Gasteiger partial charge in [-0.3, -0.25) is 9.48 Å². The number of allylic oxidation sites excluding steroid dienone is 1. The monoisotopic (exact) mass is 286 g/mol. The van der Waals surface area contributed by atoms with Crippen LogP contribution in [0.3, 0.4) is 0 Å². The number of ether oxygens (including phenoxy) is 2. The fraction of sp³-hybridized carbons (Fsp3) is 0.250. The summed E-state index contributed by atoms with van der Waals surface area (Å²) in [6, 6.07) is 5.53. The van der Waals surface area contributed by atoms with Crippen molar-refractivity contribution >= 4 is 11.9 Å². The molecule has 5 heteroatoms. The standard InChI is InChI=1S/C16H18N2O3/c1-4-21-16-9-12(6-8-15(16)20-3)5-7-14(19)13-10-17-18(2)11-13/h5-11H,4H2,1-3H3. The van der Waals surface area contributed by atoms with Gasteiger partial charge in [0, 0.05) is 13.2 Å². The molecule has 2 rings (SSSR count). The zero-order valence-corrected chi connectivity index (χ0v) is 12.4. The number of benzene rings is 1. The van der Waals surface area contributed by atoms with Gasteiger partial charge in [0.2, 0.25) is 0 Å². The van der Waals surface area contributed by atoms with Crippen LogP contribution >= 0.6 is 0 Å². The van der Waals surface area contributed by atoms with E-state index in [1.807, 2.05) is 25.1 Å². The Hall–Kier alpha value is -2.56. The third-order valence-corrected chi connectivity index (χ3v) is 2.90. The van der Waals surface area contributed by atoms with Gasteiger partial charge in [0.15, 0.2) is 17.3 Å². The summed E-state index contributed by atoms with van der Waals surface area (Å²) in [6.07, 6.45) is 6.50. The minimum atomic E-state index is -0.0862. The largest absolute Gasteiger partial charge is 0.493 e. The van der Waals surface area contributed by atoms with Crippen LogP contribution in [0.5, 0.6) is 11.5 Å². The lowest BCUT2D eigenvalue weighted by molar-refractivity contribution is 0.104. The summed E-state index contributed by atoms with van der Waals surface area (Å²) in [6.45, 7) is 2.46. The number of aryl methyl sites for hydroxylation is 1. The predicted octanol–water partition coefficient (Wildman–Crippen LogP) is 2.72. The van der Waals surface area contributed by atoms with E-state index in [1.54, 1.807) is 37.3 Å². The molecule has 0 N–H and O–H groups in total. The number of methoxy groups -OCH3 is 1. The van der Waals surface area contributed by atoms with Crippen LogP contribution in [0.4, 0.5) is 0 Å². The minimum absolute atomic E-state index is 0.0862.